The zero-order valence-corrected chi connectivity index (χ0v) is 12.1. The molecule has 20 heavy (non-hydrogen) atoms. The number of aliphatic hydroxyl groups excluding tert-OH is 2. The van der Waals surface area contributed by atoms with E-state index in [9.17, 15) is 9.90 Å². The smallest absolute Gasteiger partial charge is 0.247 e. The summed E-state index contributed by atoms with van der Waals surface area (Å²) >= 11 is 11.7. The summed E-state index contributed by atoms with van der Waals surface area (Å²) in [6, 6.07) is 4.76. The number of rotatable bonds is 8. The molecule has 0 aliphatic carbocycles. The van der Waals surface area contributed by atoms with Crippen molar-refractivity contribution in [1.82, 2.24) is 5.32 Å². The fourth-order valence-electron chi connectivity index (χ4n) is 1.32. The number of hydrogen-bond donors (Lipinski definition) is 4. The molecule has 5 N–H and O–H groups in total. The van der Waals surface area contributed by atoms with Gasteiger partial charge in [-0.15, -0.1) is 0 Å². The lowest BCUT2D eigenvalue weighted by Gasteiger charge is -2.15. The SMILES string of the molecule is NC(=O)C(O)CNCC(O)COc1cc(Cl)ccc1Cl. The summed E-state index contributed by atoms with van der Waals surface area (Å²) in [5.74, 6) is -0.454. The molecule has 0 bridgehead atoms. The molecular formula is C12H16Cl2N2O4. The first kappa shape index (κ1) is 17.0. The first-order chi connectivity index (χ1) is 9.40. The predicted octanol–water partition coefficient (Wildman–Crippen LogP) is 0.169. The van der Waals surface area contributed by atoms with E-state index in [1.54, 1.807) is 18.2 Å². The van der Waals surface area contributed by atoms with Gasteiger partial charge in [-0.25, -0.2) is 0 Å². The van der Waals surface area contributed by atoms with Gasteiger partial charge in [0.1, 0.15) is 24.6 Å². The van der Waals surface area contributed by atoms with Crippen molar-refractivity contribution < 1.29 is 19.7 Å². The molecule has 0 aliphatic rings. The van der Waals surface area contributed by atoms with E-state index in [2.05, 4.69) is 5.32 Å². The largest absolute Gasteiger partial charge is 0.489 e. The first-order valence-corrected chi connectivity index (χ1v) is 6.59. The molecule has 0 saturated heterocycles. The van der Waals surface area contributed by atoms with Crippen molar-refractivity contribution in [2.75, 3.05) is 19.7 Å². The summed E-state index contributed by atoms with van der Waals surface area (Å²) in [7, 11) is 0. The lowest BCUT2D eigenvalue weighted by Crippen LogP contribution is -2.41. The standard InChI is InChI=1S/C12H16Cl2N2O4/c13-7-1-2-9(14)11(3-7)20-6-8(17)4-16-5-10(18)12(15)19/h1-3,8,10,16-18H,4-6H2,(H2,15,19). The van der Waals surface area contributed by atoms with Gasteiger partial charge in [0.25, 0.3) is 0 Å². The van der Waals surface area contributed by atoms with Crippen molar-refractivity contribution in [3.05, 3.63) is 28.2 Å². The third-order valence-electron chi connectivity index (χ3n) is 2.37. The van der Waals surface area contributed by atoms with E-state index in [0.29, 0.717) is 15.8 Å². The number of nitrogens with two attached hydrogens (primary N) is 1. The molecule has 0 aliphatic heterocycles. The van der Waals surface area contributed by atoms with Gasteiger partial charge in [-0.1, -0.05) is 23.2 Å². The van der Waals surface area contributed by atoms with Crippen molar-refractivity contribution >= 4 is 29.1 Å². The maximum atomic E-state index is 10.6. The van der Waals surface area contributed by atoms with E-state index in [-0.39, 0.29) is 19.7 Å². The number of amides is 1. The Labute approximate surface area is 126 Å². The summed E-state index contributed by atoms with van der Waals surface area (Å²) in [5, 5.41) is 22.3. The van der Waals surface area contributed by atoms with Crippen molar-refractivity contribution in [3.63, 3.8) is 0 Å². The van der Waals surface area contributed by atoms with Crippen LogP contribution in [-0.2, 0) is 4.79 Å². The van der Waals surface area contributed by atoms with Gasteiger partial charge in [0, 0.05) is 24.2 Å². The summed E-state index contributed by atoms with van der Waals surface area (Å²) < 4.78 is 5.32. The molecule has 2 atom stereocenters. The Morgan fingerprint density at radius 1 is 1.35 bits per heavy atom. The third-order valence-corrected chi connectivity index (χ3v) is 2.92. The van der Waals surface area contributed by atoms with Crippen LogP contribution < -0.4 is 15.8 Å². The van der Waals surface area contributed by atoms with Crippen LogP contribution in [0, 0.1) is 0 Å². The molecule has 0 radical (unpaired) electrons. The Morgan fingerprint density at radius 2 is 2.05 bits per heavy atom. The molecular weight excluding hydrogens is 307 g/mol. The monoisotopic (exact) mass is 322 g/mol. The topological polar surface area (TPSA) is 105 Å². The van der Waals surface area contributed by atoms with Crippen molar-refractivity contribution in [2.24, 2.45) is 5.73 Å². The van der Waals surface area contributed by atoms with Gasteiger partial charge in [0.2, 0.25) is 5.91 Å². The summed E-state index contributed by atoms with van der Waals surface area (Å²) in [6.07, 6.45) is -2.13. The van der Waals surface area contributed by atoms with Gasteiger partial charge < -0.3 is 26.0 Å². The Balaban J connectivity index is 2.31. The lowest BCUT2D eigenvalue weighted by molar-refractivity contribution is -0.125. The van der Waals surface area contributed by atoms with Crippen molar-refractivity contribution in [1.29, 1.82) is 0 Å². The fraction of sp³-hybridized carbons (Fsp3) is 0.417. The average Bonchev–Trinajstić information content (AvgIpc) is 2.39. The molecule has 112 valence electrons. The maximum absolute atomic E-state index is 10.6. The van der Waals surface area contributed by atoms with Crippen molar-refractivity contribution in [2.45, 2.75) is 12.2 Å². The number of carbonyl (C=O) groups excluding carboxylic acids is 1. The minimum atomic E-state index is -1.29. The first-order valence-electron chi connectivity index (χ1n) is 5.84. The molecule has 0 fully saturated rings. The van der Waals surface area contributed by atoms with Gasteiger partial charge in [-0.3, -0.25) is 4.79 Å². The zero-order chi connectivity index (χ0) is 15.1. The summed E-state index contributed by atoms with van der Waals surface area (Å²) in [4.78, 5) is 10.6. The average molecular weight is 323 g/mol. The highest BCUT2D eigenvalue weighted by Gasteiger charge is 2.12. The van der Waals surface area contributed by atoms with E-state index in [1.807, 2.05) is 0 Å². The highest BCUT2D eigenvalue weighted by atomic mass is 35.5. The molecule has 1 aromatic carbocycles. The fourth-order valence-corrected chi connectivity index (χ4v) is 1.65. The summed E-state index contributed by atoms with van der Waals surface area (Å²) in [6.45, 7) is 0.0760. The molecule has 1 aromatic rings. The number of hydrogen-bond acceptors (Lipinski definition) is 5. The lowest BCUT2D eigenvalue weighted by atomic mass is 10.3. The number of ether oxygens (including phenoxy) is 1. The van der Waals surface area contributed by atoms with E-state index in [0.717, 1.165) is 0 Å². The van der Waals surface area contributed by atoms with Crippen LogP contribution in [0.4, 0.5) is 0 Å². The number of halogens is 2. The van der Waals surface area contributed by atoms with Gasteiger partial charge >= 0.3 is 0 Å². The molecule has 0 aromatic heterocycles. The van der Waals surface area contributed by atoms with Crippen LogP contribution >= 0.6 is 23.2 Å². The van der Waals surface area contributed by atoms with Gasteiger partial charge in [-0.05, 0) is 12.1 Å². The highest BCUT2D eigenvalue weighted by Crippen LogP contribution is 2.27. The summed E-state index contributed by atoms with van der Waals surface area (Å²) in [5.41, 5.74) is 4.88. The van der Waals surface area contributed by atoms with Gasteiger partial charge in [0.05, 0.1) is 5.02 Å². The van der Waals surface area contributed by atoms with Crippen molar-refractivity contribution in [3.8, 4) is 5.75 Å². The van der Waals surface area contributed by atoms with Crippen LogP contribution in [0.5, 0.6) is 5.75 Å². The van der Waals surface area contributed by atoms with E-state index >= 15 is 0 Å². The number of carbonyl (C=O) groups is 1. The molecule has 0 heterocycles. The highest BCUT2D eigenvalue weighted by molar-refractivity contribution is 6.34. The minimum absolute atomic E-state index is 0.0142. The zero-order valence-electron chi connectivity index (χ0n) is 10.6. The molecule has 1 rings (SSSR count). The normalized spacial score (nSPS) is 13.8. The van der Waals surface area contributed by atoms with Crippen LogP contribution in [-0.4, -0.2) is 48.0 Å². The van der Waals surface area contributed by atoms with E-state index in [4.69, 9.17) is 38.8 Å². The Bertz CT molecular complexity index is 459. The predicted molar refractivity (Wildman–Crippen MR) is 76.0 cm³/mol. The quantitative estimate of drug-likeness (QED) is 0.546. The van der Waals surface area contributed by atoms with E-state index in [1.165, 1.54) is 0 Å². The maximum Gasteiger partial charge on any atom is 0.247 e. The second-order valence-corrected chi connectivity index (χ2v) is 4.96. The molecule has 0 saturated carbocycles. The van der Waals surface area contributed by atoms with E-state index < -0.39 is 18.1 Å². The third kappa shape index (κ3) is 5.94. The van der Waals surface area contributed by atoms with Crippen LogP contribution in [0.3, 0.4) is 0 Å². The van der Waals surface area contributed by atoms with Crippen LogP contribution in [0.15, 0.2) is 18.2 Å². The van der Waals surface area contributed by atoms with Crippen LogP contribution in [0.25, 0.3) is 0 Å². The molecule has 6 nitrogen and oxygen atoms in total. The Morgan fingerprint density at radius 3 is 2.70 bits per heavy atom. The number of aliphatic hydroxyl groups is 2. The Kier molecular flexibility index (Phi) is 7.04. The molecule has 1 amide bonds. The van der Waals surface area contributed by atoms with Crippen LogP contribution in [0.2, 0.25) is 10.0 Å². The number of nitrogens with one attached hydrogen (secondary N) is 1. The van der Waals surface area contributed by atoms with Gasteiger partial charge in [0.15, 0.2) is 0 Å². The second kappa shape index (κ2) is 8.28. The number of benzene rings is 1. The van der Waals surface area contributed by atoms with Crippen LogP contribution in [0.1, 0.15) is 0 Å². The second-order valence-electron chi connectivity index (χ2n) is 4.12. The molecule has 8 heteroatoms. The minimum Gasteiger partial charge on any atom is -0.489 e. The molecule has 2 unspecified atom stereocenters. The van der Waals surface area contributed by atoms with Gasteiger partial charge in [-0.2, -0.15) is 0 Å². The number of primary amides is 1. The Hall–Kier alpha value is -1.05. The molecule has 0 spiro atoms.